The summed E-state index contributed by atoms with van der Waals surface area (Å²) in [6.07, 6.45) is 18.8. The molecule has 2 aromatic rings. The standard InChI is InChI=1S/C32H50N2O3/c1-2-3-4-5-6-7-8-9-10-11-12-13-14-18-24-33-32(35)28-34-29-20-19-23-31(27-29)37-26-25-36-30-21-16-15-17-22-30/h15-17,19-23,27,34H,2-14,18,24-26,28H2,1H3,(H,33,35). The van der Waals surface area contributed by atoms with Gasteiger partial charge in [-0.25, -0.2) is 0 Å². The van der Waals surface area contributed by atoms with Crippen LogP contribution in [0.5, 0.6) is 11.5 Å². The normalized spacial score (nSPS) is 10.7. The van der Waals surface area contributed by atoms with Gasteiger partial charge < -0.3 is 20.1 Å². The van der Waals surface area contributed by atoms with Gasteiger partial charge in [0, 0.05) is 18.3 Å². The lowest BCUT2D eigenvalue weighted by atomic mass is 10.0. The van der Waals surface area contributed by atoms with Gasteiger partial charge in [0.1, 0.15) is 24.7 Å². The maximum atomic E-state index is 12.2. The summed E-state index contributed by atoms with van der Waals surface area (Å²) in [5.41, 5.74) is 0.869. The van der Waals surface area contributed by atoms with Gasteiger partial charge in [0.15, 0.2) is 0 Å². The van der Waals surface area contributed by atoms with Gasteiger partial charge in [-0.2, -0.15) is 0 Å². The Labute approximate surface area is 225 Å². The maximum absolute atomic E-state index is 12.2. The third-order valence-electron chi connectivity index (χ3n) is 6.50. The molecule has 0 fully saturated rings. The quantitative estimate of drug-likeness (QED) is 0.148. The third-order valence-corrected chi connectivity index (χ3v) is 6.50. The van der Waals surface area contributed by atoms with Crippen molar-refractivity contribution in [2.45, 2.75) is 96.8 Å². The highest BCUT2D eigenvalue weighted by Gasteiger charge is 2.03. The number of benzene rings is 2. The minimum absolute atomic E-state index is 0.0253. The number of unbranched alkanes of at least 4 members (excludes halogenated alkanes) is 13. The van der Waals surface area contributed by atoms with Gasteiger partial charge in [-0.15, -0.1) is 0 Å². The highest BCUT2D eigenvalue weighted by Crippen LogP contribution is 2.17. The van der Waals surface area contributed by atoms with Crippen molar-refractivity contribution in [1.82, 2.24) is 5.32 Å². The molecule has 0 aliphatic carbocycles. The number of hydrogen-bond donors (Lipinski definition) is 2. The molecule has 0 aliphatic heterocycles. The Hall–Kier alpha value is -2.69. The number of anilines is 1. The van der Waals surface area contributed by atoms with E-state index in [-0.39, 0.29) is 12.5 Å². The zero-order valence-electron chi connectivity index (χ0n) is 23.1. The van der Waals surface area contributed by atoms with E-state index in [0.29, 0.717) is 13.2 Å². The van der Waals surface area contributed by atoms with Crippen molar-refractivity contribution in [3.05, 3.63) is 54.6 Å². The Balaban J connectivity index is 1.40. The minimum atomic E-state index is 0.0253. The second kappa shape index (κ2) is 21.4. The number of carbonyl (C=O) groups excluding carboxylic acids is 1. The summed E-state index contributed by atoms with van der Waals surface area (Å²) in [7, 11) is 0. The van der Waals surface area contributed by atoms with E-state index in [4.69, 9.17) is 9.47 Å². The van der Waals surface area contributed by atoms with E-state index in [1.54, 1.807) is 0 Å². The van der Waals surface area contributed by atoms with Gasteiger partial charge in [-0.1, -0.05) is 115 Å². The Kier molecular flexibility index (Phi) is 17.7. The van der Waals surface area contributed by atoms with Crippen LogP contribution in [0.2, 0.25) is 0 Å². The molecule has 0 aliphatic rings. The Morgan fingerprint density at radius 3 is 1.81 bits per heavy atom. The molecule has 37 heavy (non-hydrogen) atoms. The molecule has 1 amide bonds. The molecular weight excluding hydrogens is 460 g/mol. The molecule has 0 aromatic heterocycles. The van der Waals surface area contributed by atoms with Crippen LogP contribution in [0.15, 0.2) is 54.6 Å². The van der Waals surface area contributed by atoms with Crippen molar-refractivity contribution in [2.75, 3.05) is 31.6 Å². The summed E-state index contributed by atoms with van der Waals surface area (Å²) in [5, 5.41) is 6.20. The molecule has 0 atom stereocenters. The van der Waals surface area contributed by atoms with Crippen LogP contribution in [-0.4, -0.2) is 32.2 Å². The first-order chi connectivity index (χ1) is 18.3. The zero-order chi connectivity index (χ0) is 26.2. The summed E-state index contributed by atoms with van der Waals surface area (Å²) in [5.74, 6) is 1.61. The summed E-state index contributed by atoms with van der Waals surface area (Å²) >= 11 is 0. The summed E-state index contributed by atoms with van der Waals surface area (Å²) in [6.45, 7) is 4.22. The average molecular weight is 511 g/mol. The first-order valence-corrected chi connectivity index (χ1v) is 14.7. The van der Waals surface area contributed by atoms with Crippen LogP contribution in [0, 0.1) is 0 Å². The fraction of sp³-hybridized carbons (Fsp3) is 0.594. The van der Waals surface area contributed by atoms with Crippen molar-refractivity contribution >= 4 is 11.6 Å². The second-order valence-corrected chi connectivity index (χ2v) is 9.84. The molecule has 0 radical (unpaired) electrons. The van der Waals surface area contributed by atoms with Crippen LogP contribution >= 0.6 is 0 Å². The summed E-state index contributed by atoms with van der Waals surface area (Å²) < 4.78 is 11.4. The first kappa shape index (κ1) is 30.5. The van der Waals surface area contributed by atoms with E-state index < -0.39 is 0 Å². The van der Waals surface area contributed by atoms with Crippen LogP contribution in [-0.2, 0) is 4.79 Å². The van der Waals surface area contributed by atoms with Gasteiger partial charge in [0.05, 0.1) is 6.54 Å². The molecule has 2 aromatic carbocycles. The number of carbonyl (C=O) groups is 1. The highest BCUT2D eigenvalue weighted by atomic mass is 16.5. The molecule has 0 saturated heterocycles. The van der Waals surface area contributed by atoms with Crippen molar-refractivity contribution in [3.63, 3.8) is 0 Å². The van der Waals surface area contributed by atoms with Crippen molar-refractivity contribution in [1.29, 1.82) is 0 Å². The van der Waals surface area contributed by atoms with E-state index in [9.17, 15) is 4.79 Å². The topological polar surface area (TPSA) is 59.6 Å². The average Bonchev–Trinajstić information content (AvgIpc) is 2.93. The van der Waals surface area contributed by atoms with Crippen LogP contribution in [0.4, 0.5) is 5.69 Å². The minimum Gasteiger partial charge on any atom is -0.490 e. The first-order valence-electron chi connectivity index (χ1n) is 14.7. The largest absolute Gasteiger partial charge is 0.490 e. The fourth-order valence-corrected chi connectivity index (χ4v) is 4.32. The second-order valence-electron chi connectivity index (χ2n) is 9.84. The van der Waals surface area contributed by atoms with Crippen LogP contribution in [0.3, 0.4) is 0 Å². The number of rotatable bonds is 23. The van der Waals surface area contributed by atoms with Crippen LogP contribution in [0.1, 0.15) is 96.8 Å². The fourth-order valence-electron chi connectivity index (χ4n) is 4.32. The van der Waals surface area contributed by atoms with Crippen molar-refractivity contribution < 1.29 is 14.3 Å². The maximum Gasteiger partial charge on any atom is 0.239 e. The molecule has 0 spiro atoms. The lowest BCUT2D eigenvalue weighted by Crippen LogP contribution is -2.30. The molecule has 0 heterocycles. The molecule has 2 N–H and O–H groups in total. The summed E-state index contributed by atoms with van der Waals surface area (Å²) in [4.78, 5) is 12.2. The zero-order valence-corrected chi connectivity index (χ0v) is 23.1. The molecule has 206 valence electrons. The smallest absolute Gasteiger partial charge is 0.239 e. The summed E-state index contributed by atoms with van der Waals surface area (Å²) in [6, 6.07) is 17.4. The molecule has 0 unspecified atom stereocenters. The van der Waals surface area contributed by atoms with Gasteiger partial charge in [-0.05, 0) is 30.7 Å². The Morgan fingerprint density at radius 2 is 1.19 bits per heavy atom. The third kappa shape index (κ3) is 16.6. The highest BCUT2D eigenvalue weighted by molar-refractivity contribution is 5.80. The van der Waals surface area contributed by atoms with E-state index in [1.165, 1.54) is 83.5 Å². The SMILES string of the molecule is CCCCCCCCCCCCCCCCNC(=O)CNc1cccc(OCCOc2ccccc2)c1. The number of amides is 1. The van der Waals surface area contributed by atoms with Crippen molar-refractivity contribution in [3.8, 4) is 11.5 Å². The number of nitrogens with one attached hydrogen (secondary N) is 2. The van der Waals surface area contributed by atoms with Crippen LogP contribution < -0.4 is 20.1 Å². The number of ether oxygens (including phenoxy) is 2. The predicted octanol–water partition coefficient (Wildman–Crippen LogP) is 8.15. The lowest BCUT2D eigenvalue weighted by Gasteiger charge is -2.11. The van der Waals surface area contributed by atoms with E-state index in [0.717, 1.165) is 30.2 Å². The molecule has 0 saturated carbocycles. The van der Waals surface area contributed by atoms with Gasteiger partial charge in [-0.3, -0.25) is 4.79 Å². The van der Waals surface area contributed by atoms with Gasteiger partial charge in [0.2, 0.25) is 5.91 Å². The molecule has 5 heteroatoms. The predicted molar refractivity (Wildman–Crippen MR) is 156 cm³/mol. The monoisotopic (exact) mass is 510 g/mol. The lowest BCUT2D eigenvalue weighted by molar-refractivity contribution is -0.119. The van der Waals surface area contributed by atoms with E-state index in [2.05, 4.69) is 17.6 Å². The number of para-hydroxylation sites is 1. The van der Waals surface area contributed by atoms with Crippen molar-refractivity contribution in [2.24, 2.45) is 0 Å². The van der Waals surface area contributed by atoms with Gasteiger partial charge >= 0.3 is 0 Å². The Morgan fingerprint density at radius 1 is 0.649 bits per heavy atom. The molecule has 0 bridgehead atoms. The number of hydrogen-bond acceptors (Lipinski definition) is 4. The molecule has 5 nitrogen and oxygen atoms in total. The van der Waals surface area contributed by atoms with Crippen LogP contribution in [0.25, 0.3) is 0 Å². The molecular formula is C32H50N2O3. The Bertz CT molecular complexity index is 813. The van der Waals surface area contributed by atoms with E-state index in [1.807, 2.05) is 54.6 Å². The van der Waals surface area contributed by atoms with Gasteiger partial charge in [0.25, 0.3) is 0 Å². The molecule has 2 rings (SSSR count). The van der Waals surface area contributed by atoms with E-state index >= 15 is 0 Å².